The van der Waals surface area contributed by atoms with Crippen molar-refractivity contribution in [3.8, 4) is 0 Å². The summed E-state index contributed by atoms with van der Waals surface area (Å²) in [7, 11) is 0. The maximum atomic E-state index is 13.0. The van der Waals surface area contributed by atoms with Gasteiger partial charge in [0.1, 0.15) is 5.65 Å². The first-order valence-electron chi connectivity index (χ1n) is 13.0. The fraction of sp³-hybridized carbons (Fsp3) is 0.233. The maximum Gasteiger partial charge on any atom is 0.319 e. The third-order valence-corrected chi connectivity index (χ3v) is 7.42. The monoisotopic (exact) mass is 506 g/mol. The molecule has 3 aromatic heterocycles. The minimum atomic E-state index is -0.247. The van der Waals surface area contributed by atoms with Crippen molar-refractivity contribution in [3.05, 3.63) is 102 Å². The molecule has 0 saturated carbocycles. The van der Waals surface area contributed by atoms with Crippen LogP contribution in [0, 0.1) is 0 Å². The van der Waals surface area contributed by atoms with Gasteiger partial charge in [-0.15, -0.1) is 0 Å². The number of carbonyl (C=O) groups is 2. The van der Waals surface area contributed by atoms with E-state index in [1.807, 2.05) is 70.4 Å². The fourth-order valence-corrected chi connectivity index (χ4v) is 5.27. The molecule has 8 heteroatoms. The van der Waals surface area contributed by atoms with Crippen molar-refractivity contribution in [2.45, 2.75) is 31.7 Å². The molecule has 5 aromatic rings. The second kappa shape index (κ2) is 10.4. The van der Waals surface area contributed by atoms with E-state index >= 15 is 0 Å². The number of H-pyrrole nitrogens is 1. The number of nitrogens with one attached hydrogen (secondary N) is 3. The van der Waals surface area contributed by atoms with E-state index in [4.69, 9.17) is 0 Å². The Kier molecular flexibility index (Phi) is 6.52. The lowest BCUT2D eigenvalue weighted by Gasteiger charge is -2.32. The second-order valence-corrected chi connectivity index (χ2v) is 9.85. The zero-order chi connectivity index (χ0) is 25.9. The standard InChI is InChI=1S/C30H30N6O2/c37-29(18-24-20-32-27-4-2-1-3-26(24)27)36-14-10-23(11-15-36)22-5-7-25(8-6-22)34-30(38)33-19-21-9-13-35-16-12-31-28(35)17-21/h1-9,12-13,16-17,20,23,32H,10-11,14-15,18-19H2,(H2,33,34,38). The quantitative estimate of drug-likeness (QED) is 0.300. The molecule has 0 unspecified atom stereocenters. The Morgan fingerprint density at radius 1 is 1.00 bits per heavy atom. The van der Waals surface area contributed by atoms with Gasteiger partial charge >= 0.3 is 6.03 Å². The summed E-state index contributed by atoms with van der Waals surface area (Å²) in [5.41, 5.74) is 5.95. The van der Waals surface area contributed by atoms with Gasteiger partial charge in [-0.05, 0) is 65.8 Å². The van der Waals surface area contributed by atoms with Gasteiger partial charge in [0.2, 0.25) is 5.91 Å². The van der Waals surface area contributed by atoms with E-state index in [0.29, 0.717) is 18.9 Å². The molecular weight excluding hydrogens is 476 g/mol. The smallest absolute Gasteiger partial charge is 0.319 e. The number of carbonyl (C=O) groups excluding carboxylic acids is 2. The van der Waals surface area contributed by atoms with Crippen molar-refractivity contribution in [2.75, 3.05) is 18.4 Å². The number of aromatic nitrogens is 3. The Morgan fingerprint density at radius 2 is 1.82 bits per heavy atom. The molecule has 3 amide bonds. The third-order valence-electron chi connectivity index (χ3n) is 7.42. The number of pyridine rings is 1. The number of para-hydroxylation sites is 1. The molecule has 0 atom stereocenters. The lowest BCUT2D eigenvalue weighted by atomic mass is 9.89. The molecule has 1 saturated heterocycles. The summed E-state index contributed by atoms with van der Waals surface area (Å²) < 4.78 is 1.93. The van der Waals surface area contributed by atoms with Crippen LogP contribution in [0.15, 0.2) is 85.5 Å². The summed E-state index contributed by atoms with van der Waals surface area (Å²) in [5, 5.41) is 6.92. The van der Waals surface area contributed by atoms with Crippen LogP contribution in [0.5, 0.6) is 0 Å². The van der Waals surface area contributed by atoms with Crippen molar-refractivity contribution >= 4 is 34.2 Å². The lowest BCUT2D eigenvalue weighted by Crippen LogP contribution is -2.38. The number of amides is 3. The predicted molar refractivity (Wildman–Crippen MR) is 148 cm³/mol. The number of hydrogen-bond donors (Lipinski definition) is 3. The summed E-state index contributed by atoms with van der Waals surface area (Å²) in [6.45, 7) is 1.95. The number of benzene rings is 2. The summed E-state index contributed by atoms with van der Waals surface area (Å²) in [5.74, 6) is 0.594. The first-order chi connectivity index (χ1) is 18.6. The Morgan fingerprint density at radius 3 is 2.66 bits per heavy atom. The molecule has 4 heterocycles. The molecule has 8 nitrogen and oxygen atoms in total. The van der Waals surface area contributed by atoms with Crippen LogP contribution in [-0.2, 0) is 17.8 Å². The Balaban J connectivity index is 0.978. The number of imidazole rings is 1. The molecule has 0 aliphatic carbocycles. The number of fused-ring (bicyclic) bond motifs is 2. The Bertz CT molecular complexity index is 1580. The molecule has 1 aliphatic heterocycles. The van der Waals surface area contributed by atoms with Crippen molar-refractivity contribution < 1.29 is 9.59 Å². The van der Waals surface area contributed by atoms with Crippen molar-refractivity contribution in [1.82, 2.24) is 24.6 Å². The number of aromatic amines is 1. The van der Waals surface area contributed by atoms with Crippen molar-refractivity contribution in [2.24, 2.45) is 0 Å². The van der Waals surface area contributed by atoms with Gasteiger partial charge in [-0.25, -0.2) is 9.78 Å². The molecule has 1 fully saturated rings. The van der Waals surface area contributed by atoms with Crippen LogP contribution in [0.1, 0.15) is 35.4 Å². The van der Waals surface area contributed by atoms with Gasteiger partial charge in [-0.3, -0.25) is 4.79 Å². The highest BCUT2D eigenvalue weighted by Crippen LogP contribution is 2.29. The van der Waals surface area contributed by atoms with Gasteiger partial charge in [0.25, 0.3) is 0 Å². The molecule has 0 bridgehead atoms. The van der Waals surface area contributed by atoms with Crippen LogP contribution in [0.2, 0.25) is 0 Å². The first-order valence-corrected chi connectivity index (χ1v) is 13.0. The fourth-order valence-electron chi connectivity index (χ4n) is 5.27. The minimum Gasteiger partial charge on any atom is -0.361 e. The van der Waals surface area contributed by atoms with Crippen LogP contribution in [0.3, 0.4) is 0 Å². The van der Waals surface area contributed by atoms with Crippen molar-refractivity contribution in [3.63, 3.8) is 0 Å². The number of rotatable bonds is 6. The van der Waals surface area contributed by atoms with Crippen LogP contribution in [-0.4, -0.2) is 44.3 Å². The minimum absolute atomic E-state index is 0.184. The summed E-state index contributed by atoms with van der Waals surface area (Å²) in [4.78, 5) is 34.9. The number of hydrogen-bond acceptors (Lipinski definition) is 3. The third kappa shape index (κ3) is 5.11. The summed E-state index contributed by atoms with van der Waals surface area (Å²) in [6, 6.07) is 19.8. The Labute approximate surface area is 220 Å². The number of urea groups is 1. The lowest BCUT2D eigenvalue weighted by molar-refractivity contribution is -0.131. The largest absolute Gasteiger partial charge is 0.361 e. The second-order valence-electron chi connectivity index (χ2n) is 9.85. The SMILES string of the molecule is O=C(NCc1ccn2ccnc2c1)Nc1ccc(C2CCN(C(=O)Cc3c[nH]c4ccccc34)CC2)cc1. The number of anilines is 1. The van der Waals surface area contributed by atoms with Gasteiger partial charge in [-0.1, -0.05) is 30.3 Å². The predicted octanol–water partition coefficient (Wildman–Crippen LogP) is 5.09. The van der Waals surface area contributed by atoms with E-state index in [9.17, 15) is 9.59 Å². The van der Waals surface area contributed by atoms with Gasteiger partial charge in [0, 0.05) is 61.0 Å². The van der Waals surface area contributed by atoms with Gasteiger partial charge in [-0.2, -0.15) is 0 Å². The molecule has 1 aliphatic rings. The first kappa shape index (κ1) is 23.8. The molecule has 6 rings (SSSR count). The zero-order valence-corrected chi connectivity index (χ0v) is 21.1. The van der Waals surface area contributed by atoms with Crippen LogP contribution < -0.4 is 10.6 Å². The molecule has 3 N–H and O–H groups in total. The molecular formula is C30H30N6O2. The van der Waals surface area contributed by atoms with Crippen molar-refractivity contribution in [1.29, 1.82) is 0 Å². The molecule has 192 valence electrons. The summed E-state index contributed by atoms with van der Waals surface area (Å²) >= 11 is 0. The normalized spacial score (nSPS) is 14.2. The van der Waals surface area contributed by atoms with E-state index < -0.39 is 0 Å². The van der Waals surface area contributed by atoms with Gasteiger partial charge in [0.15, 0.2) is 0 Å². The van der Waals surface area contributed by atoms with Crippen LogP contribution in [0.4, 0.5) is 10.5 Å². The molecule has 0 radical (unpaired) electrons. The molecule has 0 spiro atoms. The van der Waals surface area contributed by atoms with E-state index in [-0.39, 0.29) is 11.9 Å². The average Bonchev–Trinajstić information content (AvgIpc) is 3.59. The zero-order valence-electron chi connectivity index (χ0n) is 21.1. The van der Waals surface area contributed by atoms with E-state index in [1.54, 1.807) is 6.20 Å². The molecule has 38 heavy (non-hydrogen) atoms. The topological polar surface area (TPSA) is 94.5 Å². The van der Waals surface area contributed by atoms with Crippen LogP contribution in [0.25, 0.3) is 16.6 Å². The maximum absolute atomic E-state index is 13.0. The average molecular weight is 507 g/mol. The van der Waals surface area contributed by atoms with Gasteiger partial charge < -0.3 is 24.9 Å². The Hall–Kier alpha value is -4.59. The number of nitrogens with zero attached hydrogens (tertiary/aromatic N) is 3. The molecule has 2 aromatic carbocycles. The summed E-state index contributed by atoms with van der Waals surface area (Å²) in [6.07, 6.45) is 9.82. The highest BCUT2D eigenvalue weighted by atomic mass is 16.2. The van der Waals surface area contributed by atoms with Gasteiger partial charge in [0.05, 0.1) is 6.42 Å². The highest BCUT2D eigenvalue weighted by molar-refractivity contribution is 5.89. The highest BCUT2D eigenvalue weighted by Gasteiger charge is 2.24. The number of likely N-dealkylation sites (tertiary alicyclic amines) is 1. The van der Waals surface area contributed by atoms with E-state index in [0.717, 1.165) is 59.3 Å². The van der Waals surface area contributed by atoms with Crippen LogP contribution >= 0.6 is 0 Å². The van der Waals surface area contributed by atoms with E-state index in [1.165, 1.54) is 5.56 Å². The number of piperidine rings is 1. The van der Waals surface area contributed by atoms with E-state index in [2.05, 4.69) is 38.8 Å².